The molecule has 0 aliphatic rings. The Balaban J connectivity index is 1.81. The molecule has 0 saturated heterocycles. The second-order valence-corrected chi connectivity index (χ2v) is 7.52. The minimum Gasteiger partial charge on any atom is -0.454 e. The Hall–Kier alpha value is -3.52. The minimum atomic E-state index is -0.422. The lowest BCUT2D eigenvalue weighted by molar-refractivity contribution is -0.384. The highest BCUT2D eigenvalue weighted by molar-refractivity contribution is 7.07. The summed E-state index contributed by atoms with van der Waals surface area (Å²) in [5.74, 6) is 0.684. The predicted molar refractivity (Wildman–Crippen MR) is 114 cm³/mol. The molecule has 2 heterocycles. The predicted octanol–water partition coefficient (Wildman–Crippen LogP) is 5.06. The molecule has 0 amide bonds. The summed E-state index contributed by atoms with van der Waals surface area (Å²) in [6.45, 7) is 3.99. The van der Waals surface area contributed by atoms with Gasteiger partial charge >= 0.3 is 0 Å². The normalized spacial score (nSPS) is 12.4. The van der Waals surface area contributed by atoms with Crippen molar-refractivity contribution in [2.45, 2.75) is 19.9 Å². The highest BCUT2D eigenvalue weighted by atomic mass is 32.1. The van der Waals surface area contributed by atoms with Crippen molar-refractivity contribution < 1.29 is 9.34 Å². The van der Waals surface area contributed by atoms with Crippen LogP contribution in [0.1, 0.15) is 19.4 Å². The Kier molecular flexibility index (Phi) is 5.09. The van der Waals surface area contributed by atoms with E-state index in [9.17, 15) is 10.1 Å². The number of rotatable bonds is 5. The van der Waals surface area contributed by atoms with Gasteiger partial charge in [0.1, 0.15) is 11.3 Å². The number of non-ortho nitro benzene ring substituents is 1. The van der Waals surface area contributed by atoms with E-state index in [-0.39, 0.29) is 11.7 Å². The topological polar surface area (TPSA) is 85.9 Å². The number of nitrogens with zero attached hydrogens (tertiary/aromatic N) is 4. The van der Waals surface area contributed by atoms with Gasteiger partial charge in [0.05, 0.1) is 11.1 Å². The van der Waals surface area contributed by atoms with Gasteiger partial charge in [-0.2, -0.15) is 5.10 Å². The molecule has 2 aromatic carbocycles. The molecule has 4 rings (SSSR count). The van der Waals surface area contributed by atoms with Crippen LogP contribution >= 0.6 is 11.3 Å². The average Bonchev–Trinajstić information content (AvgIpc) is 3.29. The molecule has 0 radical (unpaired) electrons. The molecule has 4 aromatic rings. The standard InChI is InChI=1S/C21H18N4O3S/c1-14(2)23-21-24(22-12-15-6-5-8-17(10-15)25(26)27)18(13-29-21)20-11-16-7-3-4-9-19(16)28-20/h3-14H,1-2H3. The molecule has 0 bridgehead atoms. The highest BCUT2D eigenvalue weighted by Gasteiger charge is 2.13. The fourth-order valence-electron chi connectivity index (χ4n) is 2.84. The van der Waals surface area contributed by atoms with Gasteiger partial charge in [0.15, 0.2) is 5.76 Å². The van der Waals surface area contributed by atoms with Crippen LogP contribution < -0.4 is 4.80 Å². The number of benzene rings is 2. The van der Waals surface area contributed by atoms with Gasteiger partial charge in [-0.25, -0.2) is 4.68 Å². The second-order valence-electron chi connectivity index (χ2n) is 6.68. The number of hydrogen-bond donors (Lipinski definition) is 0. The Morgan fingerprint density at radius 2 is 2.00 bits per heavy atom. The van der Waals surface area contributed by atoms with Gasteiger partial charge in [-0.3, -0.25) is 15.1 Å². The molecule has 29 heavy (non-hydrogen) atoms. The lowest BCUT2D eigenvalue weighted by Gasteiger charge is -2.01. The van der Waals surface area contributed by atoms with E-state index in [4.69, 9.17) is 4.42 Å². The van der Waals surface area contributed by atoms with Crippen LogP contribution in [0.25, 0.3) is 22.4 Å². The Labute approximate surface area is 170 Å². The number of hydrogen-bond acceptors (Lipinski definition) is 6. The van der Waals surface area contributed by atoms with Crippen molar-refractivity contribution in [1.29, 1.82) is 0 Å². The van der Waals surface area contributed by atoms with E-state index >= 15 is 0 Å². The lowest BCUT2D eigenvalue weighted by Crippen LogP contribution is -2.14. The van der Waals surface area contributed by atoms with Crippen LogP contribution in [0.5, 0.6) is 0 Å². The van der Waals surface area contributed by atoms with E-state index in [0.717, 1.165) is 21.5 Å². The molecular formula is C21H18N4O3S. The molecule has 0 saturated carbocycles. The van der Waals surface area contributed by atoms with E-state index in [1.54, 1.807) is 23.0 Å². The third-order valence-electron chi connectivity index (χ3n) is 4.14. The number of thiazole rings is 1. The van der Waals surface area contributed by atoms with Gasteiger partial charge in [-0.1, -0.05) is 30.3 Å². The maximum Gasteiger partial charge on any atom is 0.270 e. The summed E-state index contributed by atoms with van der Waals surface area (Å²) in [7, 11) is 0. The van der Waals surface area contributed by atoms with Gasteiger partial charge in [-0.05, 0) is 26.0 Å². The molecule has 2 aromatic heterocycles. The zero-order valence-electron chi connectivity index (χ0n) is 15.9. The SMILES string of the molecule is CC(C)N=c1scc(-c2cc3ccccc3o2)n1N=Cc1cccc([N+](=O)[O-])c1. The first-order valence-electron chi connectivity index (χ1n) is 9.03. The largest absolute Gasteiger partial charge is 0.454 e. The second kappa shape index (κ2) is 7.84. The Morgan fingerprint density at radius 3 is 2.76 bits per heavy atom. The van der Waals surface area contributed by atoms with Crippen molar-refractivity contribution in [3.8, 4) is 11.5 Å². The van der Waals surface area contributed by atoms with Crippen molar-refractivity contribution in [3.05, 3.63) is 80.5 Å². The Bertz CT molecular complexity index is 1250. The van der Waals surface area contributed by atoms with Crippen LogP contribution in [-0.4, -0.2) is 21.9 Å². The number of fused-ring (bicyclic) bond motifs is 1. The fraction of sp³-hybridized carbons (Fsp3) is 0.143. The van der Waals surface area contributed by atoms with Gasteiger partial charge in [0, 0.05) is 34.5 Å². The van der Waals surface area contributed by atoms with E-state index < -0.39 is 4.92 Å². The van der Waals surface area contributed by atoms with Crippen molar-refractivity contribution in [1.82, 2.24) is 4.68 Å². The van der Waals surface area contributed by atoms with Crippen molar-refractivity contribution in [2.75, 3.05) is 0 Å². The third-order valence-corrected chi connectivity index (χ3v) is 4.97. The zero-order valence-corrected chi connectivity index (χ0v) is 16.7. The van der Waals surface area contributed by atoms with Crippen LogP contribution in [0, 0.1) is 10.1 Å². The van der Waals surface area contributed by atoms with Crippen LogP contribution in [0.2, 0.25) is 0 Å². The summed E-state index contributed by atoms with van der Waals surface area (Å²) in [4.78, 5) is 15.9. The first kappa shape index (κ1) is 18.8. The highest BCUT2D eigenvalue weighted by Crippen LogP contribution is 2.28. The quantitative estimate of drug-likeness (QED) is 0.264. The van der Waals surface area contributed by atoms with Gasteiger partial charge in [0.25, 0.3) is 5.69 Å². The summed E-state index contributed by atoms with van der Waals surface area (Å²) in [6.07, 6.45) is 1.59. The van der Waals surface area contributed by atoms with Crippen LogP contribution in [0.15, 0.2) is 74.5 Å². The molecular weight excluding hydrogens is 388 g/mol. The summed E-state index contributed by atoms with van der Waals surface area (Å²) in [5.41, 5.74) is 2.22. The first-order valence-corrected chi connectivity index (χ1v) is 9.91. The fourth-order valence-corrected chi connectivity index (χ4v) is 3.79. The summed E-state index contributed by atoms with van der Waals surface area (Å²) >= 11 is 1.47. The van der Waals surface area contributed by atoms with Gasteiger partial charge < -0.3 is 4.42 Å². The molecule has 0 N–H and O–H groups in total. The summed E-state index contributed by atoms with van der Waals surface area (Å²) in [6, 6.07) is 16.2. The maximum absolute atomic E-state index is 11.0. The number of aromatic nitrogens is 1. The van der Waals surface area contributed by atoms with Crippen LogP contribution in [0.4, 0.5) is 5.69 Å². The maximum atomic E-state index is 11.0. The van der Waals surface area contributed by atoms with E-state index in [1.165, 1.54) is 23.5 Å². The number of nitro groups is 1. The summed E-state index contributed by atoms with van der Waals surface area (Å²) < 4.78 is 7.71. The van der Waals surface area contributed by atoms with Crippen molar-refractivity contribution in [3.63, 3.8) is 0 Å². The molecule has 0 aliphatic heterocycles. The van der Waals surface area contributed by atoms with Crippen LogP contribution in [-0.2, 0) is 0 Å². The van der Waals surface area contributed by atoms with Crippen molar-refractivity contribution in [2.24, 2.45) is 10.1 Å². The van der Waals surface area contributed by atoms with E-state index in [2.05, 4.69) is 10.1 Å². The monoisotopic (exact) mass is 406 g/mol. The van der Waals surface area contributed by atoms with Gasteiger partial charge in [0.2, 0.25) is 4.80 Å². The minimum absolute atomic E-state index is 0.0221. The van der Waals surface area contributed by atoms with E-state index in [0.29, 0.717) is 11.3 Å². The first-order chi connectivity index (χ1) is 14.0. The lowest BCUT2D eigenvalue weighted by atomic mass is 10.2. The third kappa shape index (κ3) is 4.02. The molecule has 7 nitrogen and oxygen atoms in total. The zero-order chi connectivity index (χ0) is 20.4. The number of para-hydroxylation sites is 1. The van der Waals surface area contributed by atoms with Gasteiger partial charge in [-0.15, -0.1) is 11.3 Å². The molecule has 0 aliphatic carbocycles. The molecule has 8 heteroatoms. The smallest absolute Gasteiger partial charge is 0.270 e. The number of furan rings is 1. The molecule has 0 fully saturated rings. The molecule has 0 atom stereocenters. The molecule has 0 unspecified atom stereocenters. The number of nitro benzene ring substituents is 1. The molecule has 0 spiro atoms. The average molecular weight is 406 g/mol. The molecule has 146 valence electrons. The van der Waals surface area contributed by atoms with E-state index in [1.807, 2.05) is 49.6 Å². The van der Waals surface area contributed by atoms with Crippen molar-refractivity contribution >= 4 is 34.2 Å². The Morgan fingerprint density at radius 1 is 1.17 bits per heavy atom. The summed E-state index contributed by atoms with van der Waals surface area (Å²) in [5, 5.41) is 18.5. The van der Waals surface area contributed by atoms with Crippen LogP contribution in [0.3, 0.4) is 0 Å².